The predicted octanol–water partition coefficient (Wildman–Crippen LogP) is 4.35. The highest BCUT2D eigenvalue weighted by Crippen LogP contribution is 2.27. The molecule has 0 aliphatic carbocycles. The standard InChI is InChI=1S/C23H26N6O4/c1-6-28(7-2)18-10-11-19(16(5)12-18)27-20(15-26)21(17(13-24)14-25)29(22(30)32-8-3)23(31)33-9-4/h10-12H,6-9H2,1-5H3. The highest BCUT2D eigenvalue weighted by atomic mass is 16.6. The molecule has 1 rings (SSSR count). The summed E-state index contributed by atoms with van der Waals surface area (Å²) in [4.78, 5) is 31.8. The summed E-state index contributed by atoms with van der Waals surface area (Å²) < 4.78 is 9.78. The van der Waals surface area contributed by atoms with Crippen LogP contribution in [-0.2, 0) is 9.47 Å². The Labute approximate surface area is 193 Å². The molecule has 10 nitrogen and oxygen atoms in total. The van der Waals surface area contributed by atoms with Gasteiger partial charge in [0.15, 0.2) is 11.3 Å². The third-order valence-corrected chi connectivity index (χ3v) is 4.46. The number of rotatable bonds is 8. The van der Waals surface area contributed by atoms with Crippen LogP contribution in [0.3, 0.4) is 0 Å². The maximum Gasteiger partial charge on any atom is 0.424 e. The molecule has 0 saturated carbocycles. The van der Waals surface area contributed by atoms with Crippen LogP contribution in [0.25, 0.3) is 0 Å². The van der Waals surface area contributed by atoms with Gasteiger partial charge in [0.2, 0.25) is 0 Å². The average Bonchev–Trinajstić information content (AvgIpc) is 2.80. The Hall–Kier alpha value is -4.36. The van der Waals surface area contributed by atoms with Gasteiger partial charge in [-0.15, -0.1) is 0 Å². The molecular formula is C23H26N6O4. The molecule has 0 unspecified atom stereocenters. The van der Waals surface area contributed by atoms with E-state index in [2.05, 4.69) is 9.89 Å². The number of amides is 2. The molecule has 0 aromatic heterocycles. The van der Waals surface area contributed by atoms with E-state index in [1.165, 1.54) is 13.8 Å². The molecule has 0 aliphatic heterocycles. The minimum absolute atomic E-state index is 0.0958. The van der Waals surface area contributed by atoms with E-state index in [1.54, 1.807) is 31.2 Å². The number of anilines is 1. The Balaban J connectivity index is 3.76. The summed E-state index contributed by atoms with van der Waals surface area (Å²) in [7, 11) is 0. The molecular weight excluding hydrogens is 424 g/mol. The molecule has 0 bridgehead atoms. The average molecular weight is 450 g/mol. The zero-order chi connectivity index (χ0) is 25.0. The van der Waals surface area contributed by atoms with E-state index in [0.717, 1.165) is 18.8 Å². The van der Waals surface area contributed by atoms with Crippen LogP contribution in [0.4, 0.5) is 21.0 Å². The fraction of sp³-hybridized carbons (Fsp3) is 0.391. The van der Waals surface area contributed by atoms with Crippen molar-refractivity contribution in [1.82, 2.24) is 4.90 Å². The Morgan fingerprint density at radius 2 is 1.48 bits per heavy atom. The first-order valence-electron chi connectivity index (χ1n) is 10.4. The lowest BCUT2D eigenvalue weighted by molar-refractivity contribution is 0.0935. The second-order valence-electron chi connectivity index (χ2n) is 6.40. The van der Waals surface area contributed by atoms with Crippen molar-refractivity contribution in [2.75, 3.05) is 31.2 Å². The summed E-state index contributed by atoms with van der Waals surface area (Å²) in [6, 6.07) is 10.4. The number of aryl methyl sites for hydroxylation is 1. The van der Waals surface area contributed by atoms with Crippen LogP contribution in [0, 0.1) is 40.9 Å². The summed E-state index contributed by atoms with van der Waals surface area (Å²) in [5, 5.41) is 28.7. The van der Waals surface area contributed by atoms with Crippen LogP contribution < -0.4 is 4.90 Å². The molecule has 0 heterocycles. The van der Waals surface area contributed by atoms with Gasteiger partial charge in [-0.05, 0) is 58.4 Å². The predicted molar refractivity (Wildman–Crippen MR) is 122 cm³/mol. The molecule has 0 radical (unpaired) electrons. The lowest BCUT2D eigenvalue weighted by Gasteiger charge is -2.22. The van der Waals surface area contributed by atoms with Gasteiger partial charge in [0.1, 0.15) is 23.9 Å². The highest BCUT2D eigenvalue weighted by molar-refractivity contribution is 6.17. The van der Waals surface area contributed by atoms with Gasteiger partial charge in [-0.3, -0.25) is 0 Å². The molecule has 0 fully saturated rings. The summed E-state index contributed by atoms with van der Waals surface area (Å²) in [6.07, 6.45) is -2.41. The van der Waals surface area contributed by atoms with Crippen molar-refractivity contribution in [1.29, 1.82) is 15.8 Å². The molecule has 0 aliphatic rings. The number of carbonyl (C=O) groups is 2. The lowest BCUT2D eigenvalue weighted by Crippen LogP contribution is -2.40. The molecule has 1 aromatic carbocycles. The van der Waals surface area contributed by atoms with Gasteiger partial charge in [-0.1, -0.05) is 0 Å². The normalized spacial score (nSPS) is 10.2. The number of carbonyl (C=O) groups excluding carboxylic acids is 2. The SMILES string of the molecule is CCOC(=O)N(C(=O)OCC)C(C(C#N)=Nc1ccc(N(CC)CC)cc1C)=C(C#N)C#N. The minimum Gasteiger partial charge on any atom is -0.449 e. The zero-order valence-corrected chi connectivity index (χ0v) is 19.4. The number of nitriles is 3. The number of allylic oxidation sites excluding steroid dienone is 2. The van der Waals surface area contributed by atoms with Crippen LogP contribution in [-0.4, -0.2) is 49.1 Å². The van der Waals surface area contributed by atoms with Gasteiger partial charge in [-0.2, -0.15) is 20.7 Å². The molecule has 33 heavy (non-hydrogen) atoms. The fourth-order valence-corrected chi connectivity index (χ4v) is 2.90. The van der Waals surface area contributed by atoms with Crippen molar-refractivity contribution in [3.8, 4) is 18.2 Å². The Bertz CT molecular complexity index is 1030. The smallest absolute Gasteiger partial charge is 0.424 e. The van der Waals surface area contributed by atoms with Crippen LogP contribution in [0.2, 0.25) is 0 Å². The quantitative estimate of drug-likeness (QED) is 0.420. The van der Waals surface area contributed by atoms with Crippen molar-refractivity contribution in [3.63, 3.8) is 0 Å². The van der Waals surface area contributed by atoms with E-state index >= 15 is 0 Å². The molecule has 0 N–H and O–H groups in total. The second kappa shape index (κ2) is 13.1. The summed E-state index contributed by atoms with van der Waals surface area (Å²) in [5.74, 6) is 0. The molecule has 0 saturated heterocycles. The van der Waals surface area contributed by atoms with Gasteiger partial charge in [0, 0.05) is 18.8 Å². The highest BCUT2D eigenvalue weighted by Gasteiger charge is 2.34. The van der Waals surface area contributed by atoms with Gasteiger partial charge in [0.05, 0.1) is 18.9 Å². The second-order valence-corrected chi connectivity index (χ2v) is 6.40. The topological polar surface area (TPSA) is 143 Å². The molecule has 0 atom stereocenters. The first-order chi connectivity index (χ1) is 15.8. The zero-order valence-electron chi connectivity index (χ0n) is 19.4. The molecule has 172 valence electrons. The first-order valence-corrected chi connectivity index (χ1v) is 10.4. The maximum atomic E-state index is 12.5. The van der Waals surface area contributed by atoms with Crippen LogP contribution in [0.15, 0.2) is 34.5 Å². The Kier molecular flexibility index (Phi) is 10.6. The van der Waals surface area contributed by atoms with Gasteiger partial charge in [0.25, 0.3) is 0 Å². The van der Waals surface area contributed by atoms with E-state index in [0.29, 0.717) is 16.2 Å². The van der Waals surface area contributed by atoms with Gasteiger partial charge in [-0.25, -0.2) is 14.6 Å². The monoisotopic (exact) mass is 450 g/mol. The van der Waals surface area contributed by atoms with E-state index in [4.69, 9.17) is 9.47 Å². The summed E-state index contributed by atoms with van der Waals surface area (Å²) in [5.41, 5.74) is 0.261. The molecule has 1 aromatic rings. The number of benzene rings is 1. The van der Waals surface area contributed by atoms with E-state index < -0.39 is 29.2 Å². The Morgan fingerprint density at radius 3 is 1.88 bits per heavy atom. The number of nitrogens with zero attached hydrogens (tertiary/aromatic N) is 6. The largest absolute Gasteiger partial charge is 0.449 e. The van der Waals surface area contributed by atoms with E-state index in [-0.39, 0.29) is 13.2 Å². The molecule has 10 heteroatoms. The summed E-state index contributed by atoms with van der Waals surface area (Å²) in [6.45, 7) is 10.3. The van der Waals surface area contributed by atoms with Crippen molar-refractivity contribution < 1.29 is 19.1 Å². The number of imide groups is 1. The third-order valence-electron chi connectivity index (χ3n) is 4.46. The van der Waals surface area contributed by atoms with Crippen LogP contribution in [0.1, 0.15) is 33.3 Å². The Morgan fingerprint density at radius 1 is 0.939 bits per heavy atom. The molecule has 2 amide bonds. The fourth-order valence-electron chi connectivity index (χ4n) is 2.90. The number of hydrogen-bond donors (Lipinski definition) is 0. The number of aliphatic imine (C=N–C) groups is 1. The lowest BCUT2D eigenvalue weighted by atomic mass is 10.1. The van der Waals surface area contributed by atoms with Crippen molar-refractivity contribution >= 4 is 29.3 Å². The van der Waals surface area contributed by atoms with Crippen molar-refractivity contribution in [2.45, 2.75) is 34.6 Å². The first kappa shape index (κ1) is 26.7. The van der Waals surface area contributed by atoms with Gasteiger partial charge < -0.3 is 14.4 Å². The minimum atomic E-state index is -1.20. The van der Waals surface area contributed by atoms with Crippen LogP contribution >= 0.6 is 0 Å². The van der Waals surface area contributed by atoms with Crippen molar-refractivity contribution in [3.05, 3.63) is 35.0 Å². The van der Waals surface area contributed by atoms with Crippen molar-refractivity contribution in [2.24, 2.45) is 4.99 Å². The maximum absolute atomic E-state index is 12.5. The van der Waals surface area contributed by atoms with E-state index in [9.17, 15) is 25.4 Å². The molecule has 0 spiro atoms. The summed E-state index contributed by atoms with van der Waals surface area (Å²) >= 11 is 0. The van der Waals surface area contributed by atoms with E-state index in [1.807, 2.05) is 26.0 Å². The third kappa shape index (κ3) is 6.56. The number of ether oxygens (including phenoxy) is 2. The van der Waals surface area contributed by atoms with Crippen LogP contribution in [0.5, 0.6) is 0 Å². The van der Waals surface area contributed by atoms with Gasteiger partial charge >= 0.3 is 12.2 Å². The number of hydrogen-bond acceptors (Lipinski definition) is 9.